The van der Waals surface area contributed by atoms with Crippen LogP contribution in [0.4, 0.5) is 0 Å². The maximum absolute atomic E-state index is 11.6. The molecule has 1 rings (SSSR count). The Morgan fingerprint density at radius 1 is 1.26 bits per heavy atom. The van der Waals surface area contributed by atoms with Crippen molar-refractivity contribution in [2.75, 3.05) is 12.8 Å². The number of sulfonamides is 1. The second kappa shape index (κ2) is 6.68. The van der Waals surface area contributed by atoms with Gasteiger partial charge in [-0.05, 0) is 38.0 Å². The second-order valence-corrected chi connectivity index (χ2v) is 6.40. The summed E-state index contributed by atoms with van der Waals surface area (Å²) >= 11 is 0. The smallest absolute Gasteiger partial charge is 0.338 e. The first kappa shape index (κ1) is 15.7. The molecule has 0 bridgehead atoms. The number of benzene rings is 1. The van der Waals surface area contributed by atoms with Crippen LogP contribution in [0.15, 0.2) is 24.3 Å². The van der Waals surface area contributed by atoms with Crippen LogP contribution in [0.1, 0.15) is 29.8 Å². The molecule has 0 fully saturated rings. The fourth-order valence-electron chi connectivity index (χ4n) is 1.47. The van der Waals surface area contributed by atoms with Gasteiger partial charge in [0.05, 0.1) is 17.9 Å². The number of esters is 1. The number of nitrogens with one attached hydrogen (secondary N) is 1. The van der Waals surface area contributed by atoms with Gasteiger partial charge in [0.1, 0.15) is 0 Å². The van der Waals surface area contributed by atoms with Crippen LogP contribution in [-0.4, -0.2) is 33.3 Å². The monoisotopic (exact) mass is 285 g/mol. The summed E-state index contributed by atoms with van der Waals surface area (Å²) < 4.78 is 29.3. The fraction of sp³-hybridized carbons (Fsp3) is 0.462. The zero-order chi connectivity index (χ0) is 14.5. The summed E-state index contributed by atoms with van der Waals surface area (Å²) in [6, 6.07) is 6.95. The normalized spacial score (nSPS) is 11.6. The van der Waals surface area contributed by atoms with E-state index in [9.17, 15) is 13.2 Å². The van der Waals surface area contributed by atoms with E-state index >= 15 is 0 Å². The lowest BCUT2D eigenvalue weighted by atomic mass is 10.1. The van der Waals surface area contributed by atoms with Gasteiger partial charge in [-0.3, -0.25) is 0 Å². The highest BCUT2D eigenvalue weighted by molar-refractivity contribution is 7.88. The largest absolute Gasteiger partial charge is 0.459 e. The number of ether oxygens (including phenoxy) is 1. The van der Waals surface area contributed by atoms with Crippen molar-refractivity contribution in [1.82, 2.24) is 4.72 Å². The third-order valence-electron chi connectivity index (χ3n) is 2.31. The molecule has 0 radical (unpaired) electrons. The Bertz CT molecular complexity index is 520. The Morgan fingerprint density at radius 2 is 1.84 bits per heavy atom. The fourth-order valence-corrected chi connectivity index (χ4v) is 1.94. The molecule has 0 unspecified atom stereocenters. The van der Waals surface area contributed by atoms with Crippen molar-refractivity contribution in [2.24, 2.45) is 0 Å². The maximum atomic E-state index is 11.6. The van der Waals surface area contributed by atoms with Crippen molar-refractivity contribution in [1.29, 1.82) is 0 Å². The van der Waals surface area contributed by atoms with Gasteiger partial charge >= 0.3 is 5.97 Å². The van der Waals surface area contributed by atoms with E-state index < -0.39 is 10.0 Å². The van der Waals surface area contributed by atoms with E-state index in [4.69, 9.17) is 4.74 Å². The second-order valence-electron chi connectivity index (χ2n) is 4.57. The lowest BCUT2D eigenvalue weighted by Crippen LogP contribution is -2.24. The highest BCUT2D eigenvalue weighted by atomic mass is 32.2. The Kier molecular flexibility index (Phi) is 5.50. The predicted molar refractivity (Wildman–Crippen MR) is 73.5 cm³/mol. The first-order chi connectivity index (χ1) is 8.78. The van der Waals surface area contributed by atoms with Crippen molar-refractivity contribution in [3.8, 4) is 0 Å². The summed E-state index contributed by atoms with van der Waals surface area (Å²) in [5.41, 5.74) is 1.45. The molecule has 1 N–H and O–H groups in total. The molecule has 0 aliphatic rings. The first-order valence-electron chi connectivity index (χ1n) is 6.02. The van der Waals surface area contributed by atoms with Crippen LogP contribution in [-0.2, 0) is 21.2 Å². The van der Waals surface area contributed by atoms with Crippen LogP contribution < -0.4 is 4.72 Å². The summed E-state index contributed by atoms with van der Waals surface area (Å²) in [5.74, 6) is -0.351. The third-order valence-corrected chi connectivity index (χ3v) is 3.04. The Labute approximate surface area is 114 Å². The number of hydrogen-bond donors (Lipinski definition) is 1. The van der Waals surface area contributed by atoms with Gasteiger partial charge < -0.3 is 4.74 Å². The molecule has 1 aromatic carbocycles. The van der Waals surface area contributed by atoms with Gasteiger partial charge in [-0.2, -0.15) is 0 Å². The first-order valence-corrected chi connectivity index (χ1v) is 7.91. The molecule has 0 atom stereocenters. The lowest BCUT2D eigenvalue weighted by Gasteiger charge is -2.08. The van der Waals surface area contributed by atoms with E-state index in [1.54, 1.807) is 38.1 Å². The van der Waals surface area contributed by atoms with E-state index in [1.165, 1.54) is 0 Å². The van der Waals surface area contributed by atoms with Crippen molar-refractivity contribution in [3.63, 3.8) is 0 Å². The van der Waals surface area contributed by atoms with Crippen LogP contribution in [0.3, 0.4) is 0 Å². The number of rotatable bonds is 6. The van der Waals surface area contributed by atoms with E-state index in [1.807, 2.05) is 0 Å². The number of hydrogen-bond acceptors (Lipinski definition) is 4. The summed E-state index contributed by atoms with van der Waals surface area (Å²) in [6.45, 7) is 3.93. The molecule has 1 aromatic rings. The summed E-state index contributed by atoms with van der Waals surface area (Å²) in [4.78, 5) is 11.6. The quantitative estimate of drug-likeness (QED) is 0.801. The van der Waals surface area contributed by atoms with E-state index in [2.05, 4.69) is 4.72 Å². The van der Waals surface area contributed by atoms with Crippen LogP contribution >= 0.6 is 0 Å². The van der Waals surface area contributed by atoms with Gasteiger partial charge in [0, 0.05) is 6.54 Å². The number of carbonyl (C=O) groups is 1. The Morgan fingerprint density at radius 3 is 2.32 bits per heavy atom. The molecule has 0 saturated heterocycles. The van der Waals surface area contributed by atoms with Crippen molar-refractivity contribution >= 4 is 16.0 Å². The van der Waals surface area contributed by atoms with Gasteiger partial charge in [-0.25, -0.2) is 17.9 Å². The molecule has 6 heteroatoms. The van der Waals surface area contributed by atoms with Gasteiger partial charge in [0.2, 0.25) is 10.0 Å². The SMILES string of the molecule is CC(C)OC(=O)c1ccc(CCNS(C)(=O)=O)cc1. The minimum atomic E-state index is -3.15. The zero-order valence-corrected chi connectivity index (χ0v) is 12.2. The van der Waals surface area contributed by atoms with Gasteiger partial charge in [0.15, 0.2) is 0 Å². The molecule has 0 aliphatic heterocycles. The average molecular weight is 285 g/mol. The van der Waals surface area contributed by atoms with E-state index in [-0.39, 0.29) is 12.1 Å². The molecular formula is C13H19NO4S. The molecule has 106 valence electrons. The molecule has 0 amide bonds. The molecule has 19 heavy (non-hydrogen) atoms. The van der Waals surface area contributed by atoms with Gasteiger partial charge in [-0.1, -0.05) is 12.1 Å². The van der Waals surface area contributed by atoms with Crippen LogP contribution in [0, 0.1) is 0 Å². The minimum Gasteiger partial charge on any atom is -0.459 e. The standard InChI is InChI=1S/C13H19NO4S/c1-10(2)18-13(15)12-6-4-11(5-7-12)8-9-14-19(3,16)17/h4-7,10,14H,8-9H2,1-3H3. The predicted octanol–water partition coefficient (Wildman–Crippen LogP) is 1.34. The van der Waals surface area contributed by atoms with Gasteiger partial charge in [-0.15, -0.1) is 0 Å². The molecule has 5 nitrogen and oxygen atoms in total. The van der Waals surface area contributed by atoms with E-state index in [0.29, 0.717) is 18.5 Å². The molecule has 0 aliphatic carbocycles. The number of carbonyl (C=O) groups excluding carboxylic acids is 1. The highest BCUT2D eigenvalue weighted by Crippen LogP contribution is 2.07. The maximum Gasteiger partial charge on any atom is 0.338 e. The van der Waals surface area contributed by atoms with Crippen molar-refractivity contribution in [2.45, 2.75) is 26.4 Å². The summed E-state index contributed by atoms with van der Waals surface area (Å²) in [7, 11) is -3.15. The Balaban J connectivity index is 2.54. The van der Waals surface area contributed by atoms with Crippen LogP contribution in [0.5, 0.6) is 0 Å². The Hall–Kier alpha value is -1.40. The van der Waals surface area contributed by atoms with Crippen molar-refractivity contribution in [3.05, 3.63) is 35.4 Å². The van der Waals surface area contributed by atoms with Crippen molar-refractivity contribution < 1.29 is 17.9 Å². The molecule has 0 heterocycles. The summed E-state index contributed by atoms with van der Waals surface area (Å²) in [5, 5.41) is 0. The lowest BCUT2D eigenvalue weighted by molar-refractivity contribution is 0.0378. The minimum absolute atomic E-state index is 0.147. The van der Waals surface area contributed by atoms with Crippen LogP contribution in [0.2, 0.25) is 0 Å². The third kappa shape index (κ3) is 6.35. The topological polar surface area (TPSA) is 72.5 Å². The highest BCUT2D eigenvalue weighted by Gasteiger charge is 2.08. The summed E-state index contributed by atoms with van der Waals surface area (Å²) in [6.07, 6.45) is 1.55. The van der Waals surface area contributed by atoms with Crippen LogP contribution in [0.25, 0.3) is 0 Å². The van der Waals surface area contributed by atoms with E-state index in [0.717, 1.165) is 11.8 Å². The molecule has 0 saturated carbocycles. The molecule has 0 spiro atoms. The molecular weight excluding hydrogens is 266 g/mol. The average Bonchev–Trinajstić information content (AvgIpc) is 2.27. The zero-order valence-electron chi connectivity index (χ0n) is 11.3. The van der Waals surface area contributed by atoms with Gasteiger partial charge in [0.25, 0.3) is 0 Å². The molecule has 0 aromatic heterocycles.